The van der Waals surface area contributed by atoms with Crippen LogP contribution in [0.2, 0.25) is 0 Å². The Labute approximate surface area is 152 Å². The number of hydrogen-bond acceptors (Lipinski definition) is 2. The fraction of sp³-hybridized carbons (Fsp3) is 0.0870. The second-order valence-corrected chi connectivity index (χ2v) is 6.24. The predicted molar refractivity (Wildman–Crippen MR) is 105 cm³/mol. The predicted octanol–water partition coefficient (Wildman–Crippen LogP) is 4.88. The van der Waals surface area contributed by atoms with Crippen LogP contribution in [0.5, 0.6) is 5.75 Å². The van der Waals surface area contributed by atoms with Crippen molar-refractivity contribution in [3.63, 3.8) is 0 Å². The highest BCUT2D eigenvalue weighted by molar-refractivity contribution is 5.90. The highest BCUT2D eigenvalue weighted by atomic mass is 16.5. The maximum atomic E-state index is 12.4. The lowest BCUT2D eigenvalue weighted by Gasteiger charge is -2.16. The van der Waals surface area contributed by atoms with Gasteiger partial charge in [0.1, 0.15) is 6.61 Å². The van der Waals surface area contributed by atoms with Crippen LogP contribution in [0.3, 0.4) is 0 Å². The third kappa shape index (κ3) is 3.00. The molecule has 0 fully saturated rings. The highest BCUT2D eigenvalue weighted by Crippen LogP contribution is 2.25. The molecule has 0 aliphatic heterocycles. The van der Waals surface area contributed by atoms with E-state index >= 15 is 0 Å². The molecule has 0 aliphatic rings. The molecule has 4 rings (SSSR count). The van der Waals surface area contributed by atoms with Gasteiger partial charge in [0.15, 0.2) is 5.75 Å². The van der Waals surface area contributed by atoms with E-state index in [0.29, 0.717) is 12.4 Å². The maximum Gasteiger partial charge on any atom is 0.223 e. The minimum atomic E-state index is -0.102. The molecule has 4 aromatic rings. The number of pyridine rings is 1. The molecule has 26 heavy (non-hydrogen) atoms. The minimum Gasteiger partial charge on any atom is -0.483 e. The largest absolute Gasteiger partial charge is 0.483 e. The van der Waals surface area contributed by atoms with Gasteiger partial charge in [-0.1, -0.05) is 66.7 Å². The van der Waals surface area contributed by atoms with E-state index in [0.717, 1.165) is 27.7 Å². The van der Waals surface area contributed by atoms with Crippen molar-refractivity contribution in [1.82, 2.24) is 4.57 Å². The summed E-state index contributed by atoms with van der Waals surface area (Å²) in [6.07, 6.45) is 1.81. The van der Waals surface area contributed by atoms with Gasteiger partial charge in [0.25, 0.3) is 0 Å². The average molecular weight is 341 g/mol. The van der Waals surface area contributed by atoms with Crippen LogP contribution in [0.4, 0.5) is 0 Å². The summed E-state index contributed by atoms with van der Waals surface area (Å²) in [6, 6.07) is 25.8. The molecule has 0 unspecified atom stereocenters. The van der Waals surface area contributed by atoms with Crippen molar-refractivity contribution in [2.24, 2.45) is 0 Å². The van der Waals surface area contributed by atoms with Gasteiger partial charge in [0.2, 0.25) is 5.43 Å². The molecule has 0 spiro atoms. The van der Waals surface area contributed by atoms with Crippen LogP contribution >= 0.6 is 0 Å². The van der Waals surface area contributed by atoms with Gasteiger partial charge >= 0.3 is 0 Å². The van der Waals surface area contributed by atoms with Crippen molar-refractivity contribution >= 4 is 10.8 Å². The number of rotatable bonds is 4. The van der Waals surface area contributed by atoms with Gasteiger partial charge in [-0.2, -0.15) is 0 Å². The molecular formula is C23H19NO2. The molecule has 3 aromatic carbocycles. The molecule has 0 amide bonds. The van der Waals surface area contributed by atoms with Crippen LogP contribution in [-0.2, 0) is 6.61 Å². The van der Waals surface area contributed by atoms with Crippen molar-refractivity contribution in [1.29, 1.82) is 0 Å². The maximum absolute atomic E-state index is 12.4. The highest BCUT2D eigenvalue weighted by Gasteiger charge is 2.12. The Kier molecular flexibility index (Phi) is 4.28. The molecule has 3 nitrogen and oxygen atoms in total. The summed E-state index contributed by atoms with van der Waals surface area (Å²) >= 11 is 0. The normalized spacial score (nSPS) is 10.8. The molecule has 0 saturated heterocycles. The second-order valence-electron chi connectivity index (χ2n) is 6.24. The molecule has 0 radical (unpaired) electrons. The fourth-order valence-corrected chi connectivity index (χ4v) is 3.20. The monoisotopic (exact) mass is 341 g/mol. The Bertz CT molecular complexity index is 1110. The third-order valence-corrected chi connectivity index (χ3v) is 4.54. The van der Waals surface area contributed by atoms with Crippen molar-refractivity contribution in [2.75, 3.05) is 0 Å². The van der Waals surface area contributed by atoms with Gasteiger partial charge in [-0.05, 0) is 23.9 Å². The first-order chi connectivity index (χ1) is 12.7. The Hall–Kier alpha value is -3.33. The van der Waals surface area contributed by atoms with Crippen LogP contribution in [-0.4, -0.2) is 4.57 Å². The van der Waals surface area contributed by atoms with E-state index in [9.17, 15) is 4.79 Å². The Balaban J connectivity index is 1.77. The van der Waals surface area contributed by atoms with Gasteiger partial charge in [0.05, 0.1) is 11.4 Å². The Morgan fingerprint density at radius 2 is 1.58 bits per heavy atom. The van der Waals surface area contributed by atoms with E-state index in [1.807, 2.05) is 66.2 Å². The number of nitrogens with zero attached hydrogens (tertiary/aromatic N) is 1. The summed E-state index contributed by atoms with van der Waals surface area (Å²) in [6.45, 7) is 2.29. The molecule has 0 N–H and O–H groups in total. The number of aromatic nitrogens is 1. The van der Waals surface area contributed by atoms with E-state index in [1.54, 1.807) is 6.07 Å². The standard InChI is InChI=1S/C23H19NO2/c1-17-23(26-16-18-8-3-2-4-9-18)22(25)14-15-24(17)21-13-7-11-19-10-5-6-12-20(19)21/h2-15H,16H2,1H3. The average Bonchev–Trinajstić information content (AvgIpc) is 2.68. The number of hydrogen-bond donors (Lipinski definition) is 0. The first-order valence-corrected chi connectivity index (χ1v) is 8.61. The summed E-state index contributed by atoms with van der Waals surface area (Å²) in [5, 5.41) is 2.30. The molecule has 0 saturated carbocycles. The summed E-state index contributed by atoms with van der Waals surface area (Å²) < 4.78 is 7.91. The first kappa shape index (κ1) is 16.2. The van der Waals surface area contributed by atoms with Crippen molar-refractivity contribution in [3.8, 4) is 11.4 Å². The topological polar surface area (TPSA) is 31.2 Å². The van der Waals surface area contributed by atoms with E-state index in [4.69, 9.17) is 4.74 Å². The number of fused-ring (bicyclic) bond motifs is 1. The van der Waals surface area contributed by atoms with Crippen molar-refractivity contribution in [2.45, 2.75) is 13.5 Å². The van der Waals surface area contributed by atoms with Crippen LogP contribution in [0.15, 0.2) is 89.9 Å². The van der Waals surface area contributed by atoms with Gasteiger partial charge in [-0.15, -0.1) is 0 Å². The lowest BCUT2D eigenvalue weighted by atomic mass is 10.1. The quantitative estimate of drug-likeness (QED) is 0.530. The van der Waals surface area contributed by atoms with Gasteiger partial charge < -0.3 is 9.30 Å². The summed E-state index contributed by atoms with van der Waals surface area (Å²) in [5.74, 6) is 0.393. The SMILES string of the molecule is Cc1c(OCc2ccccc2)c(=O)ccn1-c1cccc2ccccc12. The van der Waals surface area contributed by atoms with Crippen LogP contribution < -0.4 is 10.2 Å². The zero-order valence-electron chi connectivity index (χ0n) is 14.6. The summed E-state index contributed by atoms with van der Waals surface area (Å²) in [7, 11) is 0. The molecule has 0 bridgehead atoms. The first-order valence-electron chi connectivity index (χ1n) is 8.61. The Morgan fingerprint density at radius 3 is 2.42 bits per heavy atom. The van der Waals surface area contributed by atoms with Crippen LogP contribution in [0.1, 0.15) is 11.3 Å². The van der Waals surface area contributed by atoms with Crippen LogP contribution in [0, 0.1) is 6.92 Å². The summed E-state index contributed by atoms with van der Waals surface area (Å²) in [4.78, 5) is 12.4. The van der Waals surface area contributed by atoms with Gasteiger partial charge in [0, 0.05) is 17.6 Å². The smallest absolute Gasteiger partial charge is 0.223 e. The number of ether oxygens (including phenoxy) is 1. The van der Waals surface area contributed by atoms with Crippen molar-refractivity contribution < 1.29 is 4.74 Å². The minimum absolute atomic E-state index is 0.102. The van der Waals surface area contributed by atoms with E-state index in [2.05, 4.69) is 24.3 Å². The zero-order valence-corrected chi connectivity index (χ0v) is 14.6. The Morgan fingerprint density at radius 1 is 0.846 bits per heavy atom. The van der Waals surface area contributed by atoms with Crippen molar-refractivity contribution in [3.05, 3.63) is 107 Å². The lowest BCUT2D eigenvalue weighted by molar-refractivity contribution is 0.298. The van der Waals surface area contributed by atoms with E-state index in [-0.39, 0.29) is 5.43 Å². The lowest BCUT2D eigenvalue weighted by Crippen LogP contribution is -2.14. The molecule has 0 atom stereocenters. The van der Waals surface area contributed by atoms with E-state index < -0.39 is 0 Å². The zero-order chi connectivity index (χ0) is 17.9. The van der Waals surface area contributed by atoms with Gasteiger partial charge in [-0.25, -0.2) is 0 Å². The number of benzene rings is 3. The molecule has 1 aromatic heterocycles. The van der Waals surface area contributed by atoms with Gasteiger partial charge in [-0.3, -0.25) is 4.79 Å². The third-order valence-electron chi connectivity index (χ3n) is 4.54. The molecule has 3 heteroatoms. The summed E-state index contributed by atoms with van der Waals surface area (Å²) in [5.41, 5.74) is 2.76. The molecular weight excluding hydrogens is 322 g/mol. The van der Waals surface area contributed by atoms with E-state index in [1.165, 1.54) is 0 Å². The molecule has 1 heterocycles. The second kappa shape index (κ2) is 6.89. The van der Waals surface area contributed by atoms with Crippen LogP contribution in [0.25, 0.3) is 16.5 Å². The molecule has 0 aliphatic carbocycles. The molecule has 128 valence electrons. The fourth-order valence-electron chi connectivity index (χ4n) is 3.20.